The first-order valence-corrected chi connectivity index (χ1v) is 8.99. The quantitative estimate of drug-likeness (QED) is 0.707. The van der Waals surface area contributed by atoms with E-state index in [4.69, 9.17) is 4.74 Å². The standard InChI is InChI=1S/C20H20N2O2S/c1-4-19-21-17(12-25-19)14-6-8-15(9-7-14)20(23)22-16-11-13(2)5-10-18(16)24-3/h5-12H,4H2,1-3H3,(H,22,23). The Hall–Kier alpha value is -2.66. The van der Waals surface area contributed by atoms with Crippen molar-refractivity contribution in [1.29, 1.82) is 0 Å². The Labute approximate surface area is 151 Å². The maximum atomic E-state index is 12.5. The van der Waals surface area contributed by atoms with E-state index in [2.05, 4.69) is 17.2 Å². The Morgan fingerprint density at radius 3 is 2.60 bits per heavy atom. The van der Waals surface area contributed by atoms with Gasteiger partial charge in [0.25, 0.3) is 5.91 Å². The third-order valence-corrected chi connectivity index (χ3v) is 4.89. The summed E-state index contributed by atoms with van der Waals surface area (Å²) in [6.07, 6.45) is 0.934. The van der Waals surface area contributed by atoms with E-state index in [1.807, 2.05) is 54.8 Å². The highest BCUT2D eigenvalue weighted by Gasteiger charge is 2.11. The van der Waals surface area contributed by atoms with Crippen LogP contribution in [0.2, 0.25) is 0 Å². The summed E-state index contributed by atoms with van der Waals surface area (Å²) >= 11 is 1.66. The van der Waals surface area contributed by atoms with Gasteiger partial charge in [-0.15, -0.1) is 11.3 Å². The number of thiazole rings is 1. The lowest BCUT2D eigenvalue weighted by atomic mass is 10.1. The molecule has 0 aliphatic heterocycles. The lowest BCUT2D eigenvalue weighted by molar-refractivity contribution is 0.102. The van der Waals surface area contributed by atoms with Crippen LogP contribution in [0.5, 0.6) is 5.75 Å². The number of carbonyl (C=O) groups excluding carboxylic acids is 1. The van der Waals surface area contributed by atoms with Crippen molar-refractivity contribution in [2.45, 2.75) is 20.3 Å². The van der Waals surface area contributed by atoms with Gasteiger partial charge < -0.3 is 10.1 Å². The fourth-order valence-electron chi connectivity index (χ4n) is 2.51. The van der Waals surface area contributed by atoms with Crippen molar-refractivity contribution >= 4 is 22.9 Å². The summed E-state index contributed by atoms with van der Waals surface area (Å²) in [6, 6.07) is 13.2. The lowest BCUT2D eigenvalue weighted by Gasteiger charge is -2.11. The number of aryl methyl sites for hydroxylation is 2. The lowest BCUT2D eigenvalue weighted by Crippen LogP contribution is -2.12. The molecule has 0 unspecified atom stereocenters. The number of anilines is 1. The van der Waals surface area contributed by atoms with Gasteiger partial charge in [-0.05, 0) is 43.2 Å². The number of amides is 1. The Balaban J connectivity index is 1.78. The smallest absolute Gasteiger partial charge is 0.255 e. The van der Waals surface area contributed by atoms with E-state index in [0.717, 1.165) is 28.2 Å². The van der Waals surface area contributed by atoms with Crippen LogP contribution in [0.4, 0.5) is 5.69 Å². The van der Waals surface area contributed by atoms with Gasteiger partial charge in [-0.3, -0.25) is 4.79 Å². The average molecular weight is 352 g/mol. The van der Waals surface area contributed by atoms with Gasteiger partial charge in [0.1, 0.15) is 5.75 Å². The number of nitrogens with zero attached hydrogens (tertiary/aromatic N) is 1. The molecule has 0 saturated heterocycles. The topological polar surface area (TPSA) is 51.2 Å². The first-order chi connectivity index (χ1) is 12.1. The average Bonchev–Trinajstić information content (AvgIpc) is 3.11. The van der Waals surface area contributed by atoms with Gasteiger partial charge >= 0.3 is 0 Å². The molecule has 128 valence electrons. The molecule has 0 atom stereocenters. The summed E-state index contributed by atoms with van der Waals surface area (Å²) in [6.45, 7) is 4.07. The second kappa shape index (κ2) is 7.49. The van der Waals surface area contributed by atoms with Crippen LogP contribution in [-0.4, -0.2) is 18.0 Å². The van der Waals surface area contributed by atoms with Crippen LogP contribution in [0, 0.1) is 6.92 Å². The monoisotopic (exact) mass is 352 g/mol. The molecular weight excluding hydrogens is 332 g/mol. The van der Waals surface area contributed by atoms with E-state index in [-0.39, 0.29) is 5.91 Å². The van der Waals surface area contributed by atoms with E-state index in [1.165, 1.54) is 0 Å². The van der Waals surface area contributed by atoms with Crippen molar-refractivity contribution in [1.82, 2.24) is 4.98 Å². The van der Waals surface area contributed by atoms with E-state index >= 15 is 0 Å². The van der Waals surface area contributed by atoms with E-state index < -0.39 is 0 Å². The number of ether oxygens (including phenoxy) is 1. The van der Waals surface area contributed by atoms with Crippen molar-refractivity contribution in [2.75, 3.05) is 12.4 Å². The molecule has 1 amide bonds. The molecule has 5 heteroatoms. The van der Waals surface area contributed by atoms with Crippen LogP contribution in [-0.2, 0) is 6.42 Å². The SMILES string of the molecule is CCc1nc(-c2ccc(C(=O)Nc3cc(C)ccc3OC)cc2)cs1. The third kappa shape index (κ3) is 3.88. The van der Waals surface area contributed by atoms with E-state index in [9.17, 15) is 4.79 Å². The number of nitrogens with one attached hydrogen (secondary N) is 1. The minimum Gasteiger partial charge on any atom is -0.495 e. The molecule has 0 spiro atoms. The molecule has 1 heterocycles. The molecular formula is C20H20N2O2S. The van der Waals surface area contributed by atoms with Crippen LogP contribution in [0.15, 0.2) is 47.8 Å². The Morgan fingerprint density at radius 2 is 1.96 bits per heavy atom. The number of carbonyl (C=O) groups is 1. The summed E-state index contributed by atoms with van der Waals surface area (Å²) in [5.41, 5.74) is 4.29. The fourth-order valence-corrected chi connectivity index (χ4v) is 3.27. The van der Waals surface area contributed by atoms with Crippen LogP contribution in [0.3, 0.4) is 0 Å². The summed E-state index contributed by atoms with van der Waals surface area (Å²) in [4.78, 5) is 17.1. The second-order valence-corrected chi connectivity index (χ2v) is 6.66. The number of hydrogen-bond acceptors (Lipinski definition) is 4. The van der Waals surface area contributed by atoms with Gasteiger partial charge in [-0.2, -0.15) is 0 Å². The predicted molar refractivity (Wildman–Crippen MR) is 103 cm³/mol. The minimum absolute atomic E-state index is 0.164. The Morgan fingerprint density at radius 1 is 1.20 bits per heavy atom. The predicted octanol–water partition coefficient (Wildman–Crippen LogP) is 4.94. The molecule has 0 saturated carbocycles. The zero-order valence-electron chi connectivity index (χ0n) is 14.5. The van der Waals surface area contributed by atoms with Gasteiger partial charge in [0, 0.05) is 16.5 Å². The van der Waals surface area contributed by atoms with Crippen molar-refractivity contribution in [3.05, 3.63) is 64.0 Å². The molecule has 3 aromatic rings. The van der Waals surface area contributed by atoms with Crippen molar-refractivity contribution in [3.63, 3.8) is 0 Å². The first kappa shape index (κ1) is 17.2. The largest absolute Gasteiger partial charge is 0.495 e. The zero-order valence-corrected chi connectivity index (χ0v) is 15.3. The molecule has 25 heavy (non-hydrogen) atoms. The van der Waals surface area contributed by atoms with Crippen LogP contribution >= 0.6 is 11.3 Å². The number of aromatic nitrogens is 1. The van der Waals surface area contributed by atoms with Crippen molar-refractivity contribution in [3.8, 4) is 17.0 Å². The minimum atomic E-state index is -0.164. The van der Waals surface area contributed by atoms with Crippen molar-refractivity contribution in [2.24, 2.45) is 0 Å². The number of rotatable bonds is 5. The normalized spacial score (nSPS) is 10.5. The summed E-state index contributed by atoms with van der Waals surface area (Å²) < 4.78 is 5.31. The fraction of sp³-hybridized carbons (Fsp3) is 0.200. The van der Waals surface area contributed by atoms with E-state index in [0.29, 0.717) is 17.0 Å². The number of methoxy groups -OCH3 is 1. The highest BCUT2D eigenvalue weighted by Crippen LogP contribution is 2.26. The maximum Gasteiger partial charge on any atom is 0.255 e. The van der Waals surface area contributed by atoms with Crippen molar-refractivity contribution < 1.29 is 9.53 Å². The van der Waals surface area contributed by atoms with Gasteiger partial charge in [0.05, 0.1) is 23.5 Å². The number of hydrogen-bond donors (Lipinski definition) is 1. The Kier molecular flexibility index (Phi) is 5.14. The highest BCUT2D eigenvalue weighted by atomic mass is 32.1. The van der Waals surface area contributed by atoms with Gasteiger partial charge in [-0.25, -0.2) is 4.98 Å². The molecule has 0 fully saturated rings. The molecule has 4 nitrogen and oxygen atoms in total. The highest BCUT2D eigenvalue weighted by molar-refractivity contribution is 7.09. The number of benzene rings is 2. The molecule has 1 aromatic heterocycles. The molecule has 0 bridgehead atoms. The molecule has 0 aliphatic carbocycles. The van der Waals surface area contributed by atoms with E-state index in [1.54, 1.807) is 18.4 Å². The maximum absolute atomic E-state index is 12.5. The molecule has 0 aliphatic rings. The summed E-state index contributed by atoms with van der Waals surface area (Å²) in [5, 5.41) is 6.07. The Bertz CT molecular complexity index is 885. The zero-order chi connectivity index (χ0) is 17.8. The summed E-state index contributed by atoms with van der Waals surface area (Å²) in [7, 11) is 1.59. The molecule has 2 aromatic carbocycles. The van der Waals surface area contributed by atoms with Crippen LogP contribution in [0.25, 0.3) is 11.3 Å². The van der Waals surface area contributed by atoms with Gasteiger partial charge in [-0.1, -0.05) is 25.1 Å². The summed E-state index contributed by atoms with van der Waals surface area (Å²) in [5.74, 6) is 0.480. The second-order valence-electron chi connectivity index (χ2n) is 5.72. The van der Waals surface area contributed by atoms with Gasteiger partial charge in [0.15, 0.2) is 0 Å². The molecule has 0 radical (unpaired) electrons. The molecule has 3 rings (SSSR count). The molecule has 1 N–H and O–H groups in total. The first-order valence-electron chi connectivity index (χ1n) is 8.11. The van der Waals surface area contributed by atoms with Gasteiger partial charge in [0.2, 0.25) is 0 Å². The van der Waals surface area contributed by atoms with Crippen LogP contribution < -0.4 is 10.1 Å². The third-order valence-electron chi connectivity index (χ3n) is 3.90. The van der Waals surface area contributed by atoms with Crippen LogP contribution in [0.1, 0.15) is 27.9 Å².